The van der Waals surface area contributed by atoms with Gasteiger partial charge in [0.05, 0.1) is 25.8 Å². The zero-order chi connectivity index (χ0) is 19.3. The number of carbonyl (C=O) groups excluding carboxylic acids is 2. The molecule has 1 aliphatic rings. The van der Waals surface area contributed by atoms with E-state index in [-0.39, 0.29) is 6.61 Å². The molecule has 1 aliphatic heterocycles. The Balaban J connectivity index is 2.37. The predicted molar refractivity (Wildman–Crippen MR) is 97.1 cm³/mol. The molecule has 0 unspecified atom stereocenters. The minimum atomic E-state index is -0.522. The quantitative estimate of drug-likeness (QED) is 0.178. The molecule has 0 spiro atoms. The maximum absolute atomic E-state index is 12.2. The molecule has 2 rings (SSSR count). The van der Waals surface area contributed by atoms with Crippen LogP contribution in [-0.2, 0) is 14.3 Å². The van der Waals surface area contributed by atoms with E-state index in [9.17, 15) is 9.59 Å². The van der Waals surface area contributed by atoms with E-state index in [2.05, 4.69) is 10.6 Å². The first-order valence-corrected chi connectivity index (χ1v) is 7.98. The van der Waals surface area contributed by atoms with E-state index in [4.69, 9.17) is 32.3 Å². The van der Waals surface area contributed by atoms with Crippen molar-refractivity contribution in [2.24, 2.45) is 5.84 Å². The van der Waals surface area contributed by atoms with Crippen LogP contribution in [0.3, 0.4) is 0 Å². The highest BCUT2D eigenvalue weighted by atomic mass is 32.1. The van der Waals surface area contributed by atoms with Gasteiger partial charge in [-0.25, -0.2) is 10.6 Å². The second kappa shape index (κ2) is 8.50. The van der Waals surface area contributed by atoms with E-state index in [1.807, 2.05) is 5.43 Å². The molecule has 0 fully saturated rings. The molecule has 0 bridgehead atoms. The molecule has 0 radical (unpaired) electrons. The van der Waals surface area contributed by atoms with Gasteiger partial charge in [0.25, 0.3) is 5.91 Å². The van der Waals surface area contributed by atoms with Crippen molar-refractivity contribution in [2.75, 3.05) is 20.8 Å². The van der Waals surface area contributed by atoms with Crippen molar-refractivity contribution in [3.05, 3.63) is 35.0 Å². The van der Waals surface area contributed by atoms with Gasteiger partial charge in [0.1, 0.15) is 0 Å². The number of rotatable bonds is 6. The third-order valence-corrected chi connectivity index (χ3v) is 3.94. The maximum Gasteiger partial charge on any atom is 0.337 e. The maximum atomic E-state index is 12.2. The van der Waals surface area contributed by atoms with Crippen LogP contribution < -0.4 is 31.4 Å². The van der Waals surface area contributed by atoms with E-state index in [0.29, 0.717) is 33.4 Å². The van der Waals surface area contributed by atoms with Crippen LogP contribution in [0.4, 0.5) is 0 Å². The first-order valence-electron chi connectivity index (χ1n) is 7.58. The second-order valence-electron chi connectivity index (χ2n) is 5.33. The predicted octanol–water partition coefficient (Wildman–Crippen LogP) is 0.0297. The lowest BCUT2D eigenvalue weighted by Crippen LogP contribution is -2.45. The summed E-state index contributed by atoms with van der Waals surface area (Å²) >= 11 is 5.19. The second-order valence-corrected chi connectivity index (χ2v) is 5.74. The highest BCUT2D eigenvalue weighted by Gasteiger charge is 2.31. The number of nitrogens with one attached hydrogen (secondary N) is 3. The lowest BCUT2D eigenvalue weighted by molar-refractivity contribution is -0.136. The Morgan fingerprint density at radius 1 is 1.31 bits per heavy atom. The van der Waals surface area contributed by atoms with Crippen LogP contribution in [0.2, 0.25) is 0 Å². The van der Waals surface area contributed by atoms with Crippen LogP contribution >= 0.6 is 12.2 Å². The third kappa shape index (κ3) is 4.21. The number of benzene rings is 1. The smallest absolute Gasteiger partial charge is 0.337 e. The van der Waals surface area contributed by atoms with Gasteiger partial charge in [0.2, 0.25) is 0 Å². The summed E-state index contributed by atoms with van der Waals surface area (Å²) in [5.41, 5.74) is 3.69. The van der Waals surface area contributed by atoms with Crippen LogP contribution in [-0.4, -0.2) is 37.8 Å². The molecule has 10 heteroatoms. The summed E-state index contributed by atoms with van der Waals surface area (Å²) in [5.74, 6) is 4.82. The number of amides is 1. The number of ether oxygens (including phenoxy) is 3. The van der Waals surface area contributed by atoms with Crippen molar-refractivity contribution in [1.29, 1.82) is 0 Å². The molecular weight excluding hydrogens is 360 g/mol. The summed E-state index contributed by atoms with van der Waals surface area (Å²) < 4.78 is 15.6. The molecule has 5 N–H and O–H groups in total. The topological polar surface area (TPSA) is 124 Å². The van der Waals surface area contributed by atoms with Crippen LogP contribution in [0.25, 0.3) is 0 Å². The molecule has 9 nitrogen and oxygen atoms in total. The zero-order valence-corrected chi connectivity index (χ0v) is 15.4. The molecule has 1 amide bonds. The Labute approximate surface area is 155 Å². The molecule has 1 aromatic rings. The Kier molecular flexibility index (Phi) is 6.36. The monoisotopic (exact) mass is 380 g/mol. The molecule has 26 heavy (non-hydrogen) atoms. The molecule has 140 valence electrons. The van der Waals surface area contributed by atoms with Gasteiger partial charge in [-0.05, 0) is 36.8 Å². The summed E-state index contributed by atoms with van der Waals surface area (Å²) in [6, 6.07) is 4.54. The summed E-state index contributed by atoms with van der Waals surface area (Å²) in [6.07, 6.45) is 0. The molecule has 0 saturated carbocycles. The van der Waals surface area contributed by atoms with Crippen molar-refractivity contribution < 1.29 is 23.8 Å². The van der Waals surface area contributed by atoms with Crippen LogP contribution in [0, 0.1) is 0 Å². The number of thiocarbonyl (C=S) groups is 1. The number of allylic oxidation sites excluding steroid dienone is 1. The number of hydrazine groups is 1. The Morgan fingerprint density at radius 3 is 2.65 bits per heavy atom. The van der Waals surface area contributed by atoms with Gasteiger partial charge in [0, 0.05) is 5.70 Å². The van der Waals surface area contributed by atoms with Crippen LogP contribution in [0.15, 0.2) is 29.5 Å². The normalized spacial score (nSPS) is 16.3. The minimum Gasteiger partial charge on any atom is -0.493 e. The van der Waals surface area contributed by atoms with Gasteiger partial charge in [-0.1, -0.05) is 6.07 Å². The average Bonchev–Trinajstić information content (AvgIpc) is 2.64. The molecule has 1 atom stereocenters. The summed E-state index contributed by atoms with van der Waals surface area (Å²) in [5, 5.41) is 6.34. The number of esters is 1. The van der Waals surface area contributed by atoms with Crippen molar-refractivity contribution in [3.63, 3.8) is 0 Å². The number of carbonyl (C=O) groups is 2. The third-order valence-electron chi connectivity index (χ3n) is 3.72. The molecule has 0 saturated heterocycles. The fourth-order valence-electron chi connectivity index (χ4n) is 2.49. The summed E-state index contributed by atoms with van der Waals surface area (Å²) in [7, 11) is 2.78. The SMILES string of the molecule is COC(=O)C1=C(C)NC(=S)N[C@@H]1c1ccc(OCC(=O)NN)c(OC)c1. The first-order chi connectivity index (χ1) is 12.4. The van der Waals surface area contributed by atoms with E-state index in [0.717, 1.165) is 0 Å². The lowest BCUT2D eigenvalue weighted by atomic mass is 9.95. The van der Waals surface area contributed by atoms with Gasteiger partial charge in [-0.3, -0.25) is 10.2 Å². The Bertz CT molecular complexity index is 765. The Morgan fingerprint density at radius 2 is 2.04 bits per heavy atom. The number of hydrogen-bond acceptors (Lipinski definition) is 7. The number of nitrogens with two attached hydrogens (primary N) is 1. The first kappa shape index (κ1) is 19.5. The summed E-state index contributed by atoms with van der Waals surface area (Å²) in [4.78, 5) is 23.4. The highest BCUT2D eigenvalue weighted by molar-refractivity contribution is 7.80. The van der Waals surface area contributed by atoms with Crippen molar-refractivity contribution in [2.45, 2.75) is 13.0 Å². The summed E-state index contributed by atoms with van der Waals surface area (Å²) in [6.45, 7) is 1.49. The Hall–Kier alpha value is -2.85. The molecule has 0 aromatic heterocycles. The van der Waals surface area contributed by atoms with Gasteiger partial charge in [0.15, 0.2) is 23.2 Å². The van der Waals surface area contributed by atoms with E-state index < -0.39 is 17.9 Å². The van der Waals surface area contributed by atoms with Gasteiger partial charge in [-0.2, -0.15) is 0 Å². The van der Waals surface area contributed by atoms with Crippen molar-refractivity contribution in [3.8, 4) is 11.5 Å². The standard InChI is InChI=1S/C16H20N4O5S/c1-8-13(15(22)24-3)14(19-16(26)18-8)9-4-5-10(11(6-9)23-2)25-7-12(21)20-17/h4-6,14H,7,17H2,1-3H3,(H,20,21)(H2,18,19,26)/t14-/m1/s1. The van der Waals surface area contributed by atoms with Crippen molar-refractivity contribution in [1.82, 2.24) is 16.1 Å². The minimum absolute atomic E-state index is 0.256. The van der Waals surface area contributed by atoms with Crippen LogP contribution in [0.1, 0.15) is 18.5 Å². The highest BCUT2D eigenvalue weighted by Crippen LogP contribution is 2.34. The van der Waals surface area contributed by atoms with Crippen LogP contribution in [0.5, 0.6) is 11.5 Å². The fraction of sp³-hybridized carbons (Fsp3) is 0.312. The molecule has 0 aliphatic carbocycles. The van der Waals surface area contributed by atoms with E-state index in [1.54, 1.807) is 25.1 Å². The van der Waals surface area contributed by atoms with Gasteiger partial charge < -0.3 is 24.8 Å². The lowest BCUT2D eigenvalue weighted by Gasteiger charge is -2.30. The molecular formula is C16H20N4O5S. The van der Waals surface area contributed by atoms with Gasteiger partial charge in [-0.15, -0.1) is 0 Å². The molecule has 1 aromatic carbocycles. The van der Waals surface area contributed by atoms with E-state index >= 15 is 0 Å². The van der Waals surface area contributed by atoms with Gasteiger partial charge >= 0.3 is 5.97 Å². The van der Waals surface area contributed by atoms with E-state index in [1.165, 1.54) is 14.2 Å². The average molecular weight is 380 g/mol. The largest absolute Gasteiger partial charge is 0.493 e. The van der Waals surface area contributed by atoms with Crippen molar-refractivity contribution >= 4 is 29.2 Å². The zero-order valence-electron chi connectivity index (χ0n) is 14.5. The number of hydrogen-bond donors (Lipinski definition) is 4. The number of methoxy groups -OCH3 is 2. The molecule has 1 heterocycles. The fourth-order valence-corrected chi connectivity index (χ4v) is 2.76.